The van der Waals surface area contributed by atoms with E-state index in [2.05, 4.69) is 20.4 Å². The monoisotopic (exact) mass is 348 g/mol. The molecule has 0 aliphatic heterocycles. The predicted molar refractivity (Wildman–Crippen MR) is 85.7 cm³/mol. The number of benzene rings is 2. The summed E-state index contributed by atoms with van der Waals surface area (Å²) >= 11 is 0. The number of alkyl halides is 3. The third kappa shape index (κ3) is 3.42. The Bertz CT molecular complexity index is 911. The summed E-state index contributed by atoms with van der Waals surface area (Å²) in [5, 5.41) is 10.3. The van der Waals surface area contributed by atoms with E-state index >= 15 is 0 Å². The fraction of sp³-hybridized carbons (Fsp3) is 0.118. The maximum Gasteiger partial charge on any atom is 0.417 e. The third-order valence-corrected chi connectivity index (χ3v) is 3.59. The van der Waals surface area contributed by atoms with Crippen LogP contribution >= 0.6 is 0 Å². The Labute approximate surface area is 140 Å². The maximum atomic E-state index is 13.2. The minimum atomic E-state index is -4.65. The second-order valence-electron chi connectivity index (χ2n) is 5.23. The Morgan fingerprint density at radius 1 is 1.04 bits per heavy atom. The van der Waals surface area contributed by atoms with Gasteiger partial charge in [0.05, 0.1) is 5.56 Å². The summed E-state index contributed by atoms with van der Waals surface area (Å²) in [7, 11) is 1.60. The van der Waals surface area contributed by atoms with Crippen LogP contribution in [-0.4, -0.2) is 28.7 Å². The first-order valence-corrected chi connectivity index (χ1v) is 7.21. The summed E-state index contributed by atoms with van der Waals surface area (Å²) in [6.45, 7) is 0. The molecule has 3 rings (SSSR count). The fourth-order valence-corrected chi connectivity index (χ4v) is 2.48. The van der Waals surface area contributed by atoms with Gasteiger partial charge in [-0.1, -0.05) is 35.5 Å². The summed E-state index contributed by atoms with van der Waals surface area (Å²) in [5.74, 6) is -0.932. The van der Waals surface area contributed by atoms with E-state index in [0.717, 1.165) is 12.1 Å². The van der Waals surface area contributed by atoms with Crippen LogP contribution in [0.25, 0.3) is 22.4 Å². The minimum Gasteiger partial charge on any atom is -0.294 e. The lowest BCUT2D eigenvalue weighted by molar-refractivity contribution is -0.137. The number of nitrogens with one attached hydrogen (secondary N) is 1. The second kappa shape index (κ2) is 6.46. The number of H-pyrrole nitrogens is 1. The van der Waals surface area contributed by atoms with Crippen molar-refractivity contribution in [3.05, 3.63) is 59.5 Å². The van der Waals surface area contributed by atoms with Gasteiger partial charge in [0.25, 0.3) is 0 Å². The Kier molecular flexibility index (Phi) is 4.35. The normalized spacial score (nSPS) is 12.0. The topological polar surface area (TPSA) is 53.9 Å². The SMILES string of the molecule is C/N=C/c1[nH]nnc1-c1ccc(-c2ccc(F)cc2C(F)(F)F)cc1. The molecule has 1 N–H and O–H groups in total. The van der Waals surface area contributed by atoms with Crippen molar-refractivity contribution in [2.75, 3.05) is 7.05 Å². The van der Waals surface area contributed by atoms with Crippen LogP contribution in [-0.2, 0) is 6.18 Å². The zero-order valence-electron chi connectivity index (χ0n) is 13.0. The van der Waals surface area contributed by atoms with E-state index < -0.39 is 17.6 Å². The van der Waals surface area contributed by atoms with Crippen molar-refractivity contribution < 1.29 is 17.6 Å². The maximum absolute atomic E-state index is 13.2. The first-order valence-electron chi connectivity index (χ1n) is 7.21. The van der Waals surface area contributed by atoms with Crippen molar-refractivity contribution >= 4 is 6.21 Å². The van der Waals surface area contributed by atoms with E-state index in [-0.39, 0.29) is 5.56 Å². The van der Waals surface area contributed by atoms with Gasteiger partial charge < -0.3 is 0 Å². The van der Waals surface area contributed by atoms with E-state index in [1.807, 2.05) is 0 Å². The van der Waals surface area contributed by atoms with Crippen LogP contribution in [0.3, 0.4) is 0 Å². The second-order valence-corrected chi connectivity index (χ2v) is 5.23. The van der Waals surface area contributed by atoms with E-state index in [1.165, 1.54) is 12.1 Å². The van der Waals surface area contributed by atoms with Gasteiger partial charge in [-0.05, 0) is 23.3 Å². The quantitative estimate of drug-likeness (QED) is 0.565. The van der Waals surface area contributed by atoms with Crippen LogP contribution in [0.15, 0.2) is 47.5 Å². The molecule has 128 valence electrons. The van der Waals surface area contributed by atoms with E-state index in [9.17, 15) is 17.6 Å². The number of aliphatic imine (C=N–C) groups is 1. The summed E-state index contributed by atoms with van der Waals surface area (Å²) in [4.78, 5) is 3.88. The van der Waals surface area contributed by atoms with Gasteiger partial charge in [-0.3, -0.25) is 10.1 Å². The number of rotatable bonds is 3. The van der Waals surface area contributed by atoms with Gasteiger partial charge in [-0.15, -0.1) is 5.10 Å². The van der Waals surface area contributed by atoms with Crippen molar-refractivity contribution in [2.45, 2.75) is 6.18 Å². The zero-order valence-corrected chi connectivity index (χ0v) is 13.0. The van der Waals surface area contributed by atoms with E-state index in [4.69, 9.17) is 0 Å². The van der Waals surface area contributed by atoms with Gasteiger partial charge in [0.2, 0.25) is 0 Å². The van der Waals surface area contributed by atoms with E-state index in [1.54, 1.807) is 25.4 Å². The average Bonchev–Trinajstić information content (AvgIpc) is 3.03. The highest BCUT2D eigenvalue weighted by atomic mass is 19.4. The average molecular weight is 348 g/mol. The lowest BCUT2D eigenvalue weighted by Crippen LogP contribution is -2.07. The Balaban J connectivity index is 2.03. The van der Waals surface area contributed by atoms with Gasteiger partial charge in [0.15, 0.2) is 0 Å². The van der Waals surface area contributed by atoms with Gasteiger partial charge in [0, 0.05) is 18.8 Å². The molecule has 4 nitrogen and oxygen atoms in total. The van der Waals surface area contributed by atoms with Gasteiger partial charge in [0.1, 0.15) is 17.2 Å². The molecule has 0 saturated heterocycles. The molecule has 0 amide bonds. The molecule has 1 aromatic heterocycles. The highest BCUT2D eigenvalue weighted by Crippen LogP contribution is 2.38. The molecule has 2 aromatic carbocycles. The molecular formula is C17H12F4N4. The number of hydrogen-bond donors (Lipinski definition) is 1. The largest absolute Gasteiger partial charge is 0.417 e. The van der Waals surface area contributed by atoms with Gasteiger partial charge >= 0.3 is 6.18 Å². The predicted octanol–water partition coefficient (Wildman–Crippen LogP) is 4.35. The van der Waals surface area contributed by atoms with Crippen molar-refractivity contribution in [1.82, 2.24) is 15.4 Å². The molecule has 0 aliphatic carbocycles. The molecule has 0 radical (unpaired) electrons. The molecule has 0 spiro atoms. The summed E-state index contributed by atoms with van der Waals surface area (Å²) in [5.41, 5.74) is 1.02. The smallest absolute Gasteiger partial charge is 0.294 e. The molecule has 0 fully saturated rings. The Morgan fingerprint density at radius 3 is 2.36 bits per heavy atom. The van der Waals surface area contributed by atoms with Crippen molar-refractivity contribution in [3.63, 3.8) is 0 Å². The number of hydrogen-bond acceptors (Lipinski definition) is 3. The van der Waals surface area contributed by atoms with Crippen LogP contribution in [0.4, 0.5) is 17.6 Å². The minimum absolute atomic E-state index is 0.0871. The zero-order chi connectivity index (χ0) is 18.0. The molecule has 0 aliphatic rings. The summed E-state index contributed by atoms with van der Waals surface area (Å²) in [6, 6.07) is 8.94. The Hall–Kier alpha value is -3.03. The van der Waals surface area contributed by atoms with Gasteiger partial charge in [-0.2, -0.15) is 13.2 Å². The van der Waals surface area contributed by atoms with Crippen molar-refractivity contribution in [1.29, 1.82) is 0 Å². The molecular weight excluding hydrogens is 336 g/mol. The first kappa shape index (κ1) is 16.8. The third-order valence-electron chi connectivity index (χ3n) is 3.59. The standard InChI is InChI=1S/C17H12F4N4/c1-22-9-15-16(24-25-23-15)11-4-2-10(3-5-11)13-7-6-12(18)8-14(13)17(19,20)21/h2-9H,1H3,(H,23,24,25)/b22-9+. The number of aromatic amines is 1. The lowest BCUT2D eigenvalue weighted by Gasteiger charge is -2.13. The molecule has 8 heteroatoms. The van der Waals surface area contributed by atoms with Crippen LogP contribution in [0, 0.1) is 5.82 Å². The molecule has 0 unspecified atom stereocenters. The van der Waals surface area contributed by atoms with Crippen molar-refractivity contribution in [2.24, 2.45) is 4.99 Å². The molecule has 0 atom stereocenters. The Morgan fingerprint density at radius 2 is 1.72 bits per heavy atom. The van der Waals surface area contributed by atoms with Crippen LogP contribution in [0.5, 0.6) is 0 Å². The summed E-state index contributed by atoms with van der Waals surface area (Å²) in [6.07, 6.45) is -3.10. The molecule has 0 saturated carbocycles. The molecule has 1 heterocycles. The van der Waals surface area contributed by atoms with Crippen LogP contribution in [0.2, 0.25) is 0 Å². The fourth-order valence-electron chi connectivity index (χ4n) is 2.48. The number of nitrogens with zero attached hydrogens (tertiary/aromatic N) is 3. The number of aromatic nitrogens is 3. The highest BCUT2D eigenvalue weighted by Gasteiger charge is 2.34. The van der Waals surface area contributed by atoms with Gasteiger partial charge in [-0.25, -0.2) is 4.39 Å². The highest BCUT2D eigenvalue weighted by molar-refractivity contribution is 5.86. The van der Waals surface area contributed by atoms with E-state index in [0.29, 0.717) is 28.6 Å². The molecule has 25 heavy (non-hydrogen) atoms. The first-order chi connectivity index (χ1) is 11.9. The molecule has 3 aromatic rings. The van der Waals surface area contributed by atoms with Crippen molar-refractivity contribution in [3.8, 4) is 22.4 Å². The summed E-state index contributed by atoms with van der Waals surface area (Å²) < 4.78 is 52.7. The van der Waals surface area contributed by atoms with Crippen LogP contribution < -0.4 is 0 Å². The van der Waals surface area contributed by atoms with Crippen LogP contribution in [0.1, 0.15) is 11.3 Å². The molecule has 0 bridgehead atoms. The number of halogens is 4. The lowest BCUT2D eigenvalue weighted by atomic mass is 9.97.